The van der Waals surface area contributed by atoms with Crippen LogP contribution in [-0.2, 0) is 4.79 Å². The zero-order chi connectivity index (χ0) is 12.5. The van der Waals surface area contributed by atoms with Crippen molar-refractivity contribution in [3.05, 3.63) is 43.4 Å². The van der Waals surface area contributed by atoms with Gasteiger partial charge in [-0.1, -0.05) is 31.9 Å². The summed E-state index contributed by atoms with van der Waals surface area (Å²) in [4.78, 5) is 12.2. The van der Waals surface area contributed by atoms with Crippen LogP contribution in [0.3, 0.4) is 0 Å². The smallest absolute Gasteiger partial charge is 0.193 e. The first kappa shape index (κ1) is 13.7. The van der Waals surface area contributed by atoms with Crippen molar-refractivity contribution in [3.63, 3.8) is 0 Å². The molecule has 1 nitrogen and oxygen atoms in total. The molecule has 0 spiro atoms. The van der Waals surface area contributed by atoms with Crippen LogP contribution >= 0.6 is 31.9 Å². The number of allylic oxidation sites excluding steroid dienone is 8. The maximum Gasteiger partial charge on any atom is 0.193 e. The molecule has 0 radical (unpaired) electrons. The van der Waals surface area contributed by atoms with Crippen LogP contribution < -0.4 is 0 Å². The number of rotatable bonds is 2. The predicted octanol–water partition coefficient (Wildman–Crippen LogP) is 4.80. The maximum atomic E-state index is 12.2. The van der Waals surface area contributed by atoms with E-state index in [1.54, 1.807) is 0 Å². The fourth-order valence-corrected chi connectivity index (χ4v) is 2.09. The molecule has 0 aromatic rings. The molecule has 1 rings (SSSR count). The predicted molar refractivity (Wildman–Crippen MR) is 75.8 cm³/mol. The van der Waals surface area contributed by atoms with E-state index in [2.05, 4.69) is 31.9 Å². The molecule has 16 heavy (non-hydrogen) atoms. The quantitative estimate of drug-likeness (QED) is 0.702. The Hall–Kier alpha value is -0.410. The highest BCUT2D eigenvalue weighted by molar-refractivity contribution is 9.12. The monoisotopic (exact) mass is 344 g/mol. The van der Waals surface area contributed by atoms with Crippen LogP contribution in [0.5, 0.6) is 0 Å². The van der Waals surface area contributed by atoms with Gasteiger partial charge < -0.3 is 0 Å². The van der Waals surface area contributed by atoms with Gasteiger partial charge in [-0.2, -0.15) is 0 Å². The molecule has 86 valence electrons. The lowest BCUT2D eigenvalue weighted by molar-refractivity contribution is -0.111. The minimum Gasteiger partial charge on any atom is -0.289 e. The average Bonchev–Trinajstić information content (AvgIpc) is 2.34. The normalized spacial score (nSPS) is 19.0. The maximum absolute atomic E-state index is 12.2. The lowest BCUT2D eigenvalue weighted by Gasteiger charge is -1.97. The zero-order valence-electron chi connectivity index (χ0n) is 9.82. The first-order valence-corrected chi connectivity index (χ1v) is 6.57. The highest BCUT2D eigenvalue weighted by Crippen LogP contribution is 2.32. The first-order chi connectivity index (χ1) is 7.34. The lowest BCUT2D eigenvalue weighted by atomic mass is 10.1. The standard InChI is InChI=1S/C13H14Br2O/c1-7(14)5-11-9(3)10(4)12(13(11)16)6-8(2)15/h5-6H,1-4H3/b7-5+,8-6+. The summed E-state index contributed by atoms with van der Waals surface area (Å²) in [6.45, 7) is 7.82. The van der Waals surface area contributed by atoms with Crippen molar-refractivity contribution in [1.82, 2.24) is 0 Å². The van der Waals surface area contributed by atoms with Crippen LogP contribution in [0.25, 0.3) is 0 Å². The van der Waals surface area contributed by atoms with Gasteiger partial charge in [0.2, 0.25) is 0 Å². The molecule has 0 saturated carbocycles. The van der Waals surface area contributed by atoms with E-state index in [1.165, 1.54) is 0 Å². The lowest BCUT2D eigenvalue weighted by Crippen LogP contribution is -1.99. The topological polar surface area (TPSA) is 17.1 Å². The van der Waals surface area contributed by atoms with E-state index >= 15 is 0 Å². The number of hydrogen-bond acceptors (Lipinski definition) is 1. The highest BCUT2D eigenvalue weighted by Gasteiger charge is 2.24. The number of carbonyl (C=O) groups excluding carboxylic acids is 1. The molecular formula is C13H14Br2O. The Bertz CT molecular complexity index is 412. The molecule has 0 aromatic heterocycles. The largest absolute Gasteiger partial charge is 0.289 e. The average molecular weight is 346 g/mol. The number of carbonyl (C=O) groups is 1. The zero-order valence-corrected chi connectivity index (χ0v) is 13.0. The van der Waals surface area contributed by atoms with E-state index < -0.39 is 0 Å². The summed E-state index contributed by atoms with van der Waals surface area (Å²) in [7, 11) is 0. The van der Waals surface area contributed by atoms with Crippen molar-refractivity contribution in [3.8, 4) is 0 Å². The van der Waals surface area contributed by atoms with Crippen molar-refractivity contribution >= 4 is 37.6 Å². The van der Waals surface area contributed by atoms with Gasteiger partial charge in [0.1, 0.15) is 0 Å². The molecule has 0 N–H and O–H groups in total. The minimum absolute atomic E-state index is 0.104. The summed E-state index contributed by atoms with van der Waals surface area (Å²) >= 11 is 6.72. The molecule has 0 atom stereocenters. The number of ketones is 1. The van der Waals surface area contributed by atoms with Gasteiger partial charge >= 0.3 is 0 Å². The van der Waals surface area contributed by atoms with Gasteiger partial charge in [0.25, 0.3) is 0 Å². The molecule has 0 bridgehead atoms. The summed E-state index contributed by atoms with van der Waals surface area (Å²) in [6.07, 6.45) is 3.76. The van der Waals surface area contributed by atoms with Gasteiger partial charge in [0.05, 0.1) is 0 Å². The Kier molecular flexibility index (Phi) is 4.51. The van der Waals surface area contributed by atoms with Gasteiger partial charge in [0, 0.05) is 11.1 Å². The Labute approximate surface area is 113 Å². The third-order valence-corrected chi connectivity index (χ3v) is 3.00. The van der Waals surface area contributed by atoms with Crippen LogP contribution in [0, 0.1) is 0 Å². The molecular weight excluding hydrogens is 332 g/mol. The molecule has 0 amide bonds. The number of halogens is 2. The van der Waals surface area contributed by atoms with E-state index in [1.807, 2.05) is 39.8 Å². The Balaban J connectivity index is 3.23. The number of hydrogen-bond donors (Lipinski definition) is 0. The Morgan fingerprint density at radius 3 is 1.50 bits per heavy atom. The SMILES string of the molecule is CC1=C(/C=C(\C)Br)C(=O)C(/C=C(\C)Br)=C1C. The van der Waals surface area contributed by atoms with Gasteiger partial charge in [-0.05, 0) is 60.0 Å². The minimum atomic E-state index is 0.104. The molecule has 0 unspecified atom stereocenters. The van der Waals surface area contributed by atoms with E-state index in [-0.39, 0.29) is 5.78 Å². The molecule has 0 heterocycles. The fraction of sp³-hybridized carbons (Fsp3) is 0.308. The summed E-state index contributed by atoms with van der Waals surface area (Å²) in [6, 6.07) is 0. The van der Waals surface area contributed by atoms with Crippen molar-refractivity contribution in [2.24, 2.45) is 0 Å². The Morgan fingerprint density at radius 2 is 1.25 bits per heavy atom. The van der Waals surface area contributed by atoms with Crippen molar-refractivity contribution in [2.75, 3.05) is 0 Å². The van der Waals surface area contributed by atoms with E-state index in [9.17, 15) is 4.79 Å². The van der Waals surface area contributed by atoms with Crippen molar-refractivity contribution in [2.45, 2.75) is 27.7 Å². The van der Waals surface area contributed by atoms with Crippen LogP contribution in [0.4, 0.5) is 0 Å². The van der Waals surface area contributed by atoms with E-state index in [0.717, 1.165) is 31.3 Å². The van der Waals surface area contributed by atoms with Crippen molar-refractivity contribution in [1.29, 1.82) is 0 Å². The summed E-state index contributed by atoms with van der Waals surface area (Å²) in [5.41, 5.74) is 3.69. The molecule has 0 aliphatic heterocycles. The molecule has 0 aromatic carbocycles. The first-order valence-electron chi connectivity index (χ1n) is 4.99. The molecule has 0 fully saturated rings. The second-order valence-electron chi connectivity index (χ2n) is 3.87. The molecule has 0 saturated heterocycles. The summed E-state index contributed by atoms with van der Waals surface area (Å²) in [5, 5.41) is 0. The van der Waals surface area contributed by atoms with Crippen molar-refractivity contribution < 1.29 is 4.79 Å². The number of Topliss-reactive ketones (excluding diaryl/α,β-unsaturated/α-hetero) is 1. The molecule has 3 heteroatoms. The van der Waals surface area contributed by atoms with Gasteiger partial charge in [-0.3, -0.25) is 4.79 Å². The second kappa shape index (κ2) is 5.28. The Morgan fingerprint density at radius 1 is 0.938 bits per heavy atom. The van der Waals surface area contributed by atoms with E-state index in [4.69, 9.17) is 0 Å². The summed E-state index contributed by atoms with van der Waals surface area (Å²) < 4.78 is 1.92. The van der Waals surface area contributed by atoms with Crippen LogP contribution in [0.15, 0.2) is 43.4 Å². The third kappa shape index (κ3) is 2.83. The van der Waals surface area contributed by atoms with Gasteiger partial charge in [0.15, 0.2) is 5.78 Å². The van der Waals surface area contributed by atoms with Crippen LogP contribution in [-0.4, -0.2) is 5.78 Å². The second-order valence-corrected chi connectivity index (χ2v) is 6.37. The molecule has 1 aliphatic carbocycles. The van der Waals surface area contributed by atoms with E-state index in [0.29, 0.717) is 0 Å². The van der Waals surface area contributed by atoms with Gasteiger partial charge in [-0.25, -0.2) is 0 Å². The van der Waals surface area contributed by atoms with Crippen LogP contribution in [0.2, 0.25) is 0 Å². The van der Waals surface area contributed by atoms with Crippen LogP contribution in [0.1, 0.15) is 27.7 Å². The van der Waals surface area contributed by atoms with Gasteiger partial charge in [-0.15, -0.1) is 0 Å². The third-order valence-electron chi connectivity index (χ3n) is 2.55. The highest BCUT2D eigenvalue weighted by atomic mass is 79.9. The summed E-state index contributed by atoms with van der Waals surface area (Å²) in [5.74, 6) is 0.104. The molecule has 1 aliphatic rings. The fourth-order valence-electron chi connectivity index (χ4n) is 1.64.